The average Bonchev–Trinajstić information content (AvgIpc) is 2.61. The Morgan fingerprint density at radius 2 is 0.769 bits per heavy atom. The van der Waals surface area contributed by atoms with Gasteiger partial charge in [0.15, 0.2) is 0 Å². The van der Waals surface area contributed by atoms with Crippen molar-refractivity contribution in [3.63, 3.8) is 0 Å². The molecule has 0 spiro atoms. The summed E-state index contributed by atoms with van der Waals surface area (Å²) < 4.78 is 0. The van der Waals surface area contributed by atoms with Crippen LogP contribution in [0.1, 0.15) is 20.7 Å². The highest BCUT2D eigenvalue weighted by Crippen LogP contribution is 2.35. The van der Waals surface area contributed by atoms with Crippen molar-refractivity contribution >= 4 is 33.5 Å². The smallest absolute Gasteiger partial charge is 0.335 e. The van der Waals surface area contributed by atoms with Crippen molar-refractivity contribution in [1.29, 1.82) is 0 Å². The summed E-state index contributed by atoms with van der Waals surface area (Å²) in [6.07, 6.45) is 0. The molecule has 2 aromatic rings. The molecule has 2 aliphatic rings. The third kappa shape index (κ3) is 1.78. The third-order valence-corrected chi connectivity index (χ3v) is 4.41. The zero-order chi connectivity index (χ0) is 18.9. The normalized spacial score (nSPS) is 11.5. The number of carboxylic acids is 2. The lowest BCUT2D eigenvalue weighted by atomic mass is 9.85. The van der Waals surface area contributed by atoms with E-state index < -0.39 is 44.8 Å². The maximum absolute atomic E-state index is 12.4. The van der Waals surface area contributed by atoms with Gasteiger partial charge >= 0.3 is 11.9 Å². The number of carbonyl (C=O) groups is 2. The van der Waals surface area contributed by atoms with Crippen LogP contribution in [-0.2, 0) is 0 Å². The minimum atomic E-state index is -1.43. The molecule has 0 atom stereocenters. The summed E-state index contributed by atoms with van der Waals surface area (Å²) >= 11 is 0. The lowest BCUT2D eigenvalue weighted by molar-refractivity contribution is 0.0686. The van der Waals surface area contributed by atoms with E-state index in [-0.39, 0.29) is 32.7 Å². The van der Waals surface area contributed by atoms with Crippen molar-refractivity contribution in [2.45, 2.75) is 0 Å². The number of benzene rings is 4. The van der Waals surface area contributed by atoms with Gasteiger partial charge in [-0.25, -0.2) is 9.59 Å². The summed E-state index contributed by atoms with van der Waals surface area (Å²) in [4.78, 5) is 72.2. The molecule has 0 aliphatic heterocycles. The van der Waals surface area contributed by atoms with E-state index in [1.807, 2.05) is 0 Å². The molecule has 2 aromatic carbocycles. The minimum Gasteiger partial charge on any atom is -0.478 e. The standard InChI is InChI=1S/C18H6O8/c19-13-7-1-5(17(23)24)2-8-11(7)12-9(14(13)20)3-6(18(25)26)4-10(12)16(22)15(8)21/h1-4H,(H,23,24)(H,25,26). The molecule has 8 heteroatoms. The lowest BCUT2D eigenvalue weighted by Gasteiger charge is -2.15. The van der Waals surface area contributed by atoms with E-state index in [0.717, 1.165) is 24.3 Å². The van der Waals surface area contributed by atoms with E-state index >= 15 is 0 Å². The Balaban J connectivity index is 2.47. The van der Waals surface area contributed by atoms with Gasteiger partial charge in [-0.05, 0) is 24.3 Å². The van der Waals surface area contributed by atoms with Crippen molar-refractivity contribution in [1.82, 2.24) is 0 Å². The van der Waals surface area contributed by atoms with E-state index in [2.05, 4.69) is 0 Å². The quantitative estimate of drug-likeness (QED) is 0.387. The van der Waals surface area contributed by atoms with Gasteiger partial charge < -0.3 is 10.2 Å². The van der Waals surface area contributed by atoms with Crippen LogP contribution in [0.2, 0.25) is 0 Å². The number of rotatable bonds is 2. The van der Waals surface area contributed by atoms with Gasteiger partial charge in [-0.1, -0.05) is 0 Å². The Kier molecular flexibility index (Phi) is 2.87. The third-order valence-electron chi connectivity index (χ3n) is 4.41. The molecular formula is C18H6O8. The molecular weight excluding hydrogens is 344 g/mol. The second kappa shape index (κ2) is 4.79. The van der Waals surface area contributed by atoms with Crippen LogP contribution in [0.15, 0.2) is 43.4 Å². The second-order valence-electron chi connectivity index (χ2n) is 5.82. The summed E-state index contributed by atoms with van der Waals surface area (Å²) in [5.41, 5.74) is -5.08. The van der Waals surface area contributed by atoms with Crippen LogP contribution in [0.4, 0.5) is 0 Å². The minimum absolute atomic E-state index is 0.00820. The molecule has 0 saturated heterocycles. The predicted octanol–water partition coefficient (Wildman–Crippen LogP) is 0.248. The van der Waals surface area contributed by atoms with Crippen LogP contribution in [0.3, 0.4) is 0 Å². The molecule has 2 aliphatic carbocycles. The van der Waals surface area contributed by atoms with Crippen LogP contribution in [0.25, 0.3) is 32.7 Å². The van der Waals surface area contributed by atoms with Gasteiger partial charge in [0.1, 0.15) is 0 Å². The van der Waals surface area contributed by atoms with Crippen LogP contribution in [0.5, 0.6) is 0 Å². The molecule has 0 radical (unpaired) electrons. The SMILES string of the molecule is O=C(O)c1cc2c3c(c1)c(=O)c(=O)c1cc(C(=O)O)cc(c1-3)c(=O)c2=O. The molecule has 2 N–H and O–H groups in total. The van der Waals surface area contributed by atoms with Gasteiger partial charge in [0.05, 0.1) is 11.1 Å². The van der Waals surface area contributed by atoms with E-state index in [1.54, 1.807) is 0 Å². The van der Waals surface area contributed by atoms with Crippen LogP contribution < -0.4 is 21.7 Å². The van der Waals surface area contributed by atoms with Gasteiger partial charge in [0.2, 0.25) is 21.7 Å². The summed E-state index contributed by atoms with van der Waals surface area (Å²) in [5.74, 6) is -2.86. The molecule has 0 aromatic heterocycles. The second-order valence-corrected chi connectivity index (χ2v) is 5.82. The summed E-state index contributed by atoms with van der Waals surface area (Å²) in [5, 5.41) is 17.2. The molecule has 0 heterocycles. The first-order valence-electron chi connectivity index (χ1n) is 7.23. The topological polar surface area (TPSA) is 143 Å². The first-order valence-corrected chi connectivity index (χ1v) is 7.23. The fraction of sp³-hybridized carbons (Fsp3) is 0. The molecule has 26 heavy (non-hydrogen) atoms. The maximum Gasteiger partial charge on any atom is 0.335 e. The van der Waals surface area contributed by atoms with Gasteiger partial charge in [0, 0.05) is 32.7 Å². The number of hydrogen-bond donors (Lipinski definition) is 2. The average molecular weight is 350 g/mol. The largest absolute Gasteiger partial charge is 0.478 e. The summed E-state index contributed by atoms with van der Waals surface area (Å²) in [6.45, 7) is 0. The van der Waals surface area contributed by atoms with Crippen molar-refractivity contribution in [2.75, 3.05) is 0 Å². The molecule has 126 valence electrons. The molecule has 8 nitrogen and oxygen atoms in total. The monoisotopic (exact) mass is 350 g/mol. The van der Waals surface area contributed by atoms with Gasteiger partial charge in [-0.15, -0.1) is 0 Å². The lowest BCUT2D eigenvalue weighted by Crippen LogP contribution is -2.32. The zero-order valence-electron chi connectivity index (χ0n) is 12.7. The molecule has 0 fully saturated rings. The Hall–Kier alpha value is -3.94. The molecule has 4 rings (SSSR count). The number of carboxylic acid groups (broad SMARTS) is 2. The molecule has 0 unspecified atom stereocenters. The van der Waals surface area contributed by atoms with Crippen LogP contribution >= 0.6 is 0 Å². The number of aromatic carboxylic acids is 2. The fourth-order valence-electron chi connectivity index (χ4n) is 3.28. The van der Waals surface area contributed by atoms with Gasteiger partial charge in [-0.3, -0.25) is 19.2 Å². The zero-order valence-corrected chi connectivity index (χ0v) is 12.7. The van der Waals surface area contributed by atoms with E-state index in [9.17, 15) is 28.8 Å². The fourth-order valence-corrected chi connectivity index (χ4v) is 3.28. The highest BCUT2D eigenvalue weighted by atomic mass is 16.4. The van der Waals surface area contributed by atoms with Gasteiger partial charge in [-0.2, -0.15) is 0 Å². The molecule has 0 amide bonds. The van der Waals surface area contributed by atoms with Crippen molar-refractivity contribution in [3.8, 4) is 11.1 Å². The Bertz CT molecular complexity index is 1250. The van der Waals surface area contributed by atoms with E-state index in [0.29, 0.717) is 0 Å². The van der Waals surface area contributed by atoms with Crippen molar-refractivity contribution in [3.05, 3.63) is 76.3 Å². The first kappa shape index (κ1) is 15.6. The van der Waals surface area contributed by atoms with Crippen molar-refractivity contribution in [2.24, 2.45) is 0 Å². The van der Waals surface area contributed by atoms with Crippen LogP contribution in [-0.4, -0.2) is 22.2 Å². The summed E-state index contributed by atoms with van der Waals surface area (Å²) in [7, 11) is 0. The Morgan fingerprint density at radius 1 is 0.538 bits per heavy atom. The Morgan fingerprint density at radius 3 is 0.962 bits per heavy atom. The van der Waals surface area contributed by atoms with Crippen molar-refractivity contribution < 1.29 is 19.8 Å². The molecule has 0 saturated carbocycles. The highest BCUT2D eigenvalue weighted by molar-refractivity contribution is 6.14. The summed E-state index contributed by atoms with van der Waals surface area (Å²) in [6, 6.07) is 3.90. The molecule has 0 bridgehead atoms. The van der Waals surface area contributed by atoms with E-state index in [1.165, 1.54) is 0 Å². The first-order chi connectivity index (χ1) is 12.2. The Labute approximate surface area is 141 Å². The van der Waals surface area contributed by atoms with E-state index in [4.69, 9.17) is 10.2 Å². The number of hydrogen-bond acceptors (Lipinski definition) is 6. The van der Waals surface area contributed by atoms with Gasteiger partial charge in [0.25, 0.3) is 0 Å². The predicted molar refractivity (Wildman–Crippen MR) is 90.6 cm³/mol. The maximum atomic E-state index is 12.4. The van der Waals surface area contributed by atoms with Crippen LogP contribution in [0, 0.1) is 0 Å². The highest BCUT2D eigenvalue weighted by Gasteiger charge is 2.27.